The summed E-state index contributed by atoms with van der Waals surface area (Å²) in [6.45, 7) is 0.301. The van der Waals surface area contributed by atoms with E-state index >= 15 is 0 Å². The Morgan fingerprint density at radius 1 is 0.920 bits per heavy atom. The lowest BCUT2D eigenvalue weighted by Crippen LogP contribution is -2.14. The number of benzene rings is 2. The van der Waals surface area contributed by atoms with Crippen molar-refractivity contribution in [3.63, 3.8) is 0 Å². The van der Waals surface area contributed by atoms with Crippen molar-refractivity contribution in [2.24, 2.45) is 0 Å². The quantitative estimate of drug-likeness (QED) is 0.752. The van der Waals surface area contributed by atoms with Crippen LogP contribution >= 0.6 is 0 Å². The van der Waals surface area contributed by atoms with Crippen molar-refractivity contribution in [2.75, 3.05) is 11.9 Å². The molecule has 134 valence electrons. The first-order chi connectivity index (χ1) is 11.6. The summed E-state index contributed by atoms with van der Waals surface area (Å²) in [5.74, 6) is 0.371. The number of alkyl halides is 6. The van der Waals surface area contributed by atoms with Gasteiger partial charge in [0.25, 0.3) is 0 Å². The molecule has 0 aliphatic carbocycles. The summed E-state index contributed by atoms with van der Waals surface area (Å²) in [7, 11) is 0. The molecule has 1 heterocycles. The molecule has 1 N–H and O–H groups in total. The van der Waals surface area contributed by atoms with Crippen LogP contribution in [0.4, 0.5) is 32.0 Å². The molecule has 0 fully saturated rings. The Morgan fingerprint density at radius 3 is 2.36 bits per heavy atom. The fourth-order valence-electron chi connectivity index (χ4n) is 2.67. The molecule has 0 saturated heterocycles. The van der Waals surface area contributed by atoms with Crippen molar-refractivity contribution in [1.82, 2.24) is 0 Å². The van der Waals surface area contributed by atoms with Gasteiger partial charge in [-0.15, -0.1) is 0 Å². The van der Waals surface area contributed by atoms with E-state index in [1.54, 1.807) is 18.2 Å². The maximum Gasteiger partial charge on any atom is 0.416 e. The van der Waals surface area contributed by atoms with Crippen molar-refractivity contribution in [3.8, 4) is 5.75 Å². The largest absolute Gasteiger partial charge is 0.489 e. The summed E-state index contributed by atoms with van der Waals surface area (Å²) in [6, 6.07) is 6.63. The highest BCUT2D eigenvalue weighted by Gasteiger charge is 2.38. The van der Waals surface area contributed by atoms with E-state index < -0.39 is 30.1 Å². The minimum atomic E-state index is -4.90. The van der Waals surface area contributed by atoms with Crippen LogP contribution in [-0.4, -0.2) is 6.54 Å². The maximum absolute atomic E-state index is 13.1. The van der Waals surface area contributed by atoms with E-state index in [4.69, 9.17) is 4.74 Å². The van der Waals surface area contributed by atoms with Crippen LogP contribution in [0.1, 0.15) is 22.3 Å². The first-order valence-corrected chi connectivity index (χ1v) is 7.41. The predicted molar refractivity (Wildman–Crippen MR) is 79.4 cm³/mol. The van der Waals surface area contributed by atoms with E-state index in [0.29, 0.717) is 11.8 Å². The molecule has 0 saturated carbocycles. The highest BCUT2D eigenvalue weighted by atomic mass is 19.4. The van der Waals surface area contributed by atoms with Crippen molar-refractivity contribution in [2.45, 2.75) is 25.4 Å². The fraction of sp³-hybridized carbons (Fsp3) is 0.294. The standard InChI is InChI=1S/C17H13F6NO/c18-16(19,20)12-2-1-11(14(8-12)17(21,22)23)9-25-13-3-4-15-10(7-13)5-6-24-15/h1-4,7-8,24H,5-6,9H2. The molecule has 0 amide bonds. The first kappa shape index (κ1) is 17.4. The molecule has 0 aromatic heterocycles. The summed E-state index contributed by atoms with van der Waals surface area (Å²) in [4.78, 5) is 0. The van der Waals surface area contributed by atoms with E-state index in [0.717, 1.165) is 30.3 Å². The molecule has 2 aromatic carbocycles. The highest BCUT2D eigenvalue weighted by molar-refractivity contribution is 5.57. The average molecular weight is 361 g/mol. The first-order valence-electron chi connectivity index (χ1n) is 7.41. The second kappa shape index (κ2) is 6.16. The molecule has 8 heteroatoms. The molecule has 0 spiro atoms. The van der Waals surface area contributed by atoms with Gasteiger partial charge in [0.2, 0.25) is 0 Å². The van der Waals surface area contributed by atoms with Crippen molar-refractivity contribution in [3.05, 3.63) is 58.7 Å². The topological polar surface area (TPSA) is 21.3 Å². The summed E-state index contributed by atoms with van der Waals surface area (Å²) in [5.41, 5.74) is -1.10. The lowest BCUT2D eigenvalue weighted by atomic mass is 10.0. The Hall–Kier alpha value is -2.38. The number of rotatable bonds is 3. The van der Waals surface area contributed by atoms with Gasteiger partial charge in [-0.05, 0) is 42.3 Å². The second-order valence-electron chi connectivity index (χ2n) is 5.65. The molecule has 25 heavy (non-hydrogen) atoms. The van der Waals surface area contributed by atoms with Gasteiger partial charge in [0.05, 0.1) is 11.1 Å². The number of hydrogen-bond acceptors (Lipinski definition) is 2. The van der Waals surface area contributed by atoms with Crippen molar-refractivity contribution >= 4 is 5.69 Å². The number of ether oxygens (including phenoxy) is 1. The van der Waals surface area contributed by atoms with Crippen LogP contribution in [-0.2, 0) is 25.4 Å². The summed E-state index contributed by atoms with van der Waals surface area (Å²) < 4.78 is 82.6. The Bertz CT molecular complexity index is 782. The minimum Gasteiger partial charge on any atom is -0.489 e. The van der Waals surface area contributed by atoms with E-state index in [2.05, 4.69) is 5.32 Å². The number of fused-ring (bicyclic) bond motifs is 1. The van der Waals surface area contributed by atoms with E-state index in [-0.39, 0.29) is 11.6 Å². The molecular formula is C17H13F6NO. The third-order valence-electron chi connectivity index (χ3n) is 3.92. The molecule has 0 atom stereocenters. The predicted octanol–water partition coefficient (Wildman–Crippen LogP) is 5.27. The van der Waals surface area contributed by atoms with Crippen molar-refractivity contribution < 1.29 is 31.1 Å². The van der Waals surface area contributed by atoms with Gasteiger partial charge in [-0.2, -0.15) is 26.3 Å². The Kier molecular flexibility index (Phi) is 4.30. The fourth-order valence-corrected chi connectivity index (χ4v) is 2.67. The molecule has 2 aromatic rings. The monoisotopic (exact) mass is 361 g/mol. The van der Waals surface area contributed by atoms with Crippen LogP contribution in [0.25, 0.3) is 0 Å². The number of hydrogen-bond donors (Lipinski definition) is 1. The lowest BCUT2D eigenvalue weighted by molar-refractivity contribution is -0.143. The molecule has 0 radical (unpaired) electrons. The number of nitrogens with one attached hydrogen (secondary N) is 1. The zero-order chi connectivity index (χ0) is 18.2. The molecular weight excluding hydrogens is 348 g/mol. The van der Waals surface area contributed by atoms with Crippen LogP contribution in [0, 0.1) is 0 Å². The summed E-state index contributed by atoms with van der Waals surface area (Å²) >= 11 is 0. The molecule has 0 unspecified atom stereocenters. The third-order valence-corrected chi connectivity index (χ3v) is 3.92. The van der Waals surface area contributed by atoms with Crippen LogP contribution < -0.4 is 10.1 Å². The van der Waals surface area contributed by atoms with Gasteiger partial charge in [-0.3, -0.25) is 0 Å². The third kappa shape index (κ3) is 3.83. The maximum atomic E-state index is 13.1. The van der Waals surface area contributed by atoms with Gasteiger partial charge in [0, 0.05) is 17.8 Å². The molecule has 0 bridgehead atoms. The van der Waals surface area contributed by atoms with Gasteiger partial charge in [-0.25, -0.2) is 0 Å². The van der Waals surface area contributed by atoms with Gasteiger partial charge < -0.3 is 10.1 Å². The molecule has 1 aliphatic heterocycles. The lowest BCUT2D eigenvalue weighted by Gasteiger charge is -2.16. The zero-order valence-electron chi connectivity index (χ0n) is 12.8. The summed E-state index contributed by atoms with van der Waals surface area (Å²) in [6.07, 6.45) is -8.96. The second-order valence-corrected chi connectivity index (χ2v) is 5.65. The van der Waals surface area contributed by atoms with Gasteiger partial charge in [0.15, 0.2) is 0 Å². The van der Waals surface area contributed by atoms with Crippen LogP contribution in [0.2, 0.25) is 0 Å². The Labute approximate surface area is 139 Å². The van der Waals surface area contributed by atoms with Gasteiger partial charge >= 0.3 is 12.4 Å². The normalized spacial score (nSPS) is 14.2. The van der Waals surface area contributed by atoms with Gasteiger partial charge in [0.1, 0.15) is 12.4 Å². The minimum absolute atomic E-state index is 0.116. The molecule has 3 rings (SSSR count). The highest BCUT2D eigenvalue weighted by Crippen LogP contribution is 2.37. The van der Waals surface area contributed by atoms with Crippen molar-refractivity contribution in [1.29, 1.82) is 0 Å². The Balaban J connectivity index is 1.84. The smallest absolute Gasteiger partial charge is 0.416 e. The zero-order valence-corrected chi connectivity index (χ0v) is 12.8. The van der Waals surface area contributed by atoms with Crippen LogP contribution in [0.3, 0.4) is 0 Å². The number of halogens is 6. The van der Waals surface area contributed by atoms with E-state index in [1.165, 1.54) is 0 Å². The SMILES string of the molecule is FC(F)(F)c1ccc(COc2ccc3c(c2)CCN3)c(C(F)(F)F)c1. The van der Waals surface area contributed by atoms with E-state index in [9.17, 15) is 26.3 Å². The molecule has 1 aliphatic rings. The van der Waals surface area contributed by atoms with E-state index in [1.807, 2.05) is 0 Å². The average Bonchev–Trinajstić information content (AvgIpc) is 2.98. The van der Waals surface area contributed by atoms with Crippen LogP contribution in [0.15, 0.2) is 36.4 Å². The number of anilines is 1. The van der Waals surface area contributed by atoms with Gasteiger partial charge in [-0.1, -0.05) is 6.07 Å². The van der Waals surface area contributed by atoms with Crippen LogP contribution in [0.5, 0.6) is 5.75 Å². The Morgan fingerprint density at radius 2 is 1.68 bits per heavy atom. The summed E-state index contributed by atoms with van der Waals surface area (Å²) in [5, 5.41) is 3.14. The molecule has 2 nitrogen and oxygen atoms in total.